The molecule has 2 unspecified atom stereocenters. The molecule has 0 aliphatic carbocycles. The molecule has 0 rings (SSSR count). The summed E-state index contributed by atoms with van der Waals surface area (Å²) in [6, 6.07) is 0. The van der Waals surface area contributed by atoms with Crippen LogP contribution < -0.4 is 0 Å². The second-order valence-corrected chi connectivity index (χ2v) is 4.03. The Balaban J connectivity index is 3.50. The molecule has 0 bridgehead atoms. The molecule has 14 heavy (non-hydrogen) atoms. The van der Waals surface area contributed by atoms with Crippen LogP contribution in [0.25, 0.3) is 0 Å². The van der Waals surface area contributed by atoms with Gasteiger partial charge in [-0.15, -0.1) is 0 Å². The second-order valence-electron chi connectivity index (χ2n) is 4.03. The Morgan fingerprint density at radius 1 is 1.36 bits per heavy atom. The molecule has 2 atom stereocenters. The van der Waals surface area contributed by atoms with Gasteiger partial charge in [0.05, 0.1) is 6.61 Å². The van der Waals surface area contributed by atoms with Gasteiger partial charge in [0.1, 0.15) is 0 Å². The van der Waals surface area contributed by atoms with E-state index in [1.165, 1.54) is 18.9 Å². The smallest absolute Gasteiger partial charge is 0.330 e. The van der Waals surface area contributed by atoms with Crippen molar-refractivity contribution >= 4 is 5.97 Å². The maximum absolute atomic E-state index is 10.8. The molecule has 0 aliphatic heterocycles. The lowest BCUT2D eigenvalue weighted by molar-refractivity contribution is -0.139. The molecule has 0 saturated carbocycles. The zero-order chi connectivity index (χ0) is 11.0. The number of hydrogen-bond acceptors (Lipinski definition) is 2. The Morgan fingerprint density at radius 2 is 1.93 bits per heavy atom. The monoisotopic (exact) mass is 198 g/mol. The molecule has 0 amide bonds. The molecule has 0 spiro atoms. The highest BCUT2D eigenvalue weighted by Crippen LogP contribution is 2.14. The molecule has 0 saturated heterocycles. The van der Waals surface area contributed by atoms with Gasteiger partial charge in [-0.3, -0.25) is 0 Å². The predicted octanol–water partition coefficient (Wildman–Crippen LogP) is 3.18. The molecule has 0 aliphatic rings. The fraction of sp³-hybridized carbons (Fsp3) is 0.750. The van der Waals surface area contributed by atoms with Gasteiger partial charge in [-0.05, 0) is 18.3 Å². The molecule has 0 radical (unpaired) electrons. The van der Waals surface area contributed by atoms with Crippen LogP contribution in [0.4, 0.5) is 0 Å². The molecule has 2 nitrogen and oxygen atoms in total. The molecule has 82 valence electrons. The van der Waals surface area contributed by atoms with E-state index >= 15 is 0 Å². The highest BCUT2D eigenvalue weighted by molar-refractivity contribution is 5.81. The summed E-state index contributed by atoms with van der Waals surface area (Å²) < 4.78 is 4.96. The van der Waals surface area contributed by atoms with E-state index in [4.69, 9.17) is 4.74 Å². The summed E-state index contributed by atoms with van der Waals surface area (Å²) >= 11 is 0. The molecule has 2 heteroatoms. The van der Waals surface area contributed by atoms with Crippen molar-refractivity contribution in [3.8, 4) is 0 Å². The number of carbonyl (C=O) groups excluding carboxylic acids is 1. The summed E-state index contributed by atoms with van der Waals surface area (Å²) in [5, 5.41) is 0. The van der Waals surface area contributed by atoms with Gasteiger partial charge >= 0.3 is 5.97 Å². The third kappa shape index (κ3) is 6.70. The average Bonchev–Trinajstić information content (AvgIpc) is 2.22. The van der Waals surface area contributed by atoms with E-state index in [1.807, 2.05) is 0 Å². The average molecular weight is 198 g/mol. The first-order chi connectivity index (χ1) is 6.60. The van der Waals surface area contributed by atoms with Crippen molar-refractivity contribution in [2.24, 2.45) is 11.8 Å². The quantitative estimate of drug-likeness (QED) is 0.464. The van der Waals surface area contributed by atoms with Crippen molar-refractivity contribution in [3.63, 3.8) is 0 Å². The largest absolute Gasteiger partial charge is 0.462 e. The van der Waals surface area contributed by atoms with Crippen LogP contribution in [-0.2, 0) is 9.53 Å². The summed E-state index contributed by atoms with van der Waals surface area (Å²) in [5.74, 6) is 0.904. The molecule has 0 fully saturated rings. The molecule has 0 aromatic carbocycles. The summed E-state index contributed by atoms with van der Waals surface area (Å²) in [6.45, 7) is 10.4. The van der Waals surface area contributed by atoms with E-state index in [2.05, 4.69) is 27.4 Å². The Bertz CT molecular complexity index is 175. The van der Waals surface area contributed by atoms with Gasteiger partial charge in [-0.25, -0.2) is 4.79 Å². The first kappa shape index (κ1) is 13.2. The lowest BCUT2D eigenvalue weighted by atomic mass is 9.97. The molecular formula is C12H22O2. The fourth-order valence-electron chi connectivity index (χ4n) is 1.14. The molecule has 0 aromatic rings. The van der Waals surface area contributed by atoms with Crippen LogP contribution in [0, 0.1) is 11.8 Å². The van der Waals surface area contributed by atoms with Crippen LogP contribution in [-0.4, -0.2) is 12.6 Å². The minimum absolute atomic E-state index is 0.319. The number of carbonyl (C=O) groups is 1. The van der Waals surface area contributed by atoms with Crippen LogP contribution in [0.15, 0.2) is 12.7 Å². The maximum Gasteiger partial charge on any atom is 0.330 e. The minimum Gasteiger partial charge on any atom is -0.462 e. The van der Waals surface area contributed by atoms with Crippen LogP contribution in [0.2, 0.25) is 0 Å². The van der Waals surface area contributed by atoms with E-state index in [0.717, 1.165) is 12.3 Å². The van der Waals surface area contributed by atoms with Crippen molar-refractivity contribution in [2.75, 3.05) is 6.61 Å². The van der Waals surface area contributed by atoms with Crippen molar-refractivity contribution in [3.05, 3.63) is 12.7 Å². The van der Waals surface area contributed by atoms with Crippen molar-refractivity contribution < 1.29 is 9.53 Å². The van der Waals surface area contributed by atoms with Gasteiger partial charge in [-0.1, -0.05) is 40.2 Å². The SMILES string of the molecule is C=CC(=O)OCC(C)CCC(C)CC. The second kappa shape index (κ2) is 7.60. The summed E-state index contributed by atoms with van der Waals surface area (Å²) in [6.07, 6.45) is 4.77. The third-order valence-electron chi connectivity index (χ3n) is 2.53. The molecule has 0 N–H and O–H groups in total. The van der Waals surface area contributed by atoms with Crippen molar-refractivity contribution in [2.45, 2.75) is 40.0 Å². The lowest BCUT2D eigenvalue weighted by Gasteiger charge is -2.13. The molecular weight excluding hydrogens is 176 g/mol. The highest BCUT2D eigenvalue weighted by Gasteiger charge is 2.07. The summed E-state index contributed by atoms with van der Waals surface area (Å²) in [7, 11) is 0. The Labute approximate surface area is 87.3 Å². The number of ether oxygens (including phenoxy) is 1. The number of esters is 1. The topological polar surface area (TPSA) is 26.3 Å². The summed E-state index contributed by atoms with van der Waals surface area (Å²) in [4.78, 5) is 10.8. The van der Waals surface area contributed by atoms with Gasteiger partial charge in [0.25, 0.3) is 0 Å². The van der Waals surface area contributed by atoms with Gasteiger partial charge in [0.15, 0.2) is 0 Å². The standard InChI is InChI=1S/C12H22O2/c1-5-10(3)7-8-11(4)9-14-12(13)6-2/h6,10-11H,2,5,7-9H2,1,3-4H3. The number of hydrogen-bond donors (Lipinski definition) is 0. The van der Waals surface area contributed by atoms with Gasteiger partial charge in [-0.2, -0.15) is 0 Å². The Morgan fingerprint density at radius 3 is 2.43 bits per heavy atom. The van der Waals surface area contributed by atoms with Gasteiger partial charge in [0.2, 0.25) is 0 Å². The van der Waals surface area contributed by atoms with Crippen LogP contribution in [0.5, 0.6) is 0 Å². The van der Waals surface area contributed by atoms with Crippen molar-refractivity contribution in [1.29, 1.82) is 0 Å². The van der Waals surface area contributed by atoms with Crippen LogP contribution in [0.3, 0.4) is 0 Å². The lowest BCUT2D eigenvalue weighted by Crippen LogP contribution is -2.10. The first-order valence-electron chi connectivity index (χ1n) is 5.39. The zero-order valence-electron chi connectivity index (χ0n) is 9.58. The van der Waals surface area contributed by atoms with E-state index in [9.17, 15) is 4.79 Å². The van der Waals surface area contributed by atoms with E-state index < -0.39 is 0 Å². The maximum atomic E-state index is 10.8. The third-order valence-corrected chi connectivity index (χ3v) is 2.53. The van der Waals surface area contributed by atoms with E-state index in [1.54, 1.807) is 0 Å². The normalized spacial score (nSPS) is 14.5. The van der Waals surface area contributed by atoms with Gasteiger partial charge in [0, 0.05) is 6.08 Å². The summed E-state index contributed by atoms with van der Waals surface area (Å²) in [5.41, 5.74) is 0. The first-order valence-corrected chi connectivity index (χ1v) is 5.39. The molecule has 0 aromatic heterocycles. The predicted molar refractivity (Wildman–Crippen MR) is 59.0 cm³/mol. The molecule has 0 heterocycles. The minimum atomic E-state index is -0.319. The van der Waals surface area contributed by atoms with E-state index in [0.29, 0.717) is 12.5 Å². The van der Waals surface area contributed by atoms with Crippen LogP contribution in [0.1, 0.15) is 40.0 Å². The number of rotatable bonds is 7. The van der Waals surface area contributed by atoms with Gasteiger partial charge < -0.3 is 4.74 Å². The Kier molecular flexibility index (Phi) is 7.17. The highest BCUT2D eigenvalue weighted by atomic mass is 16.5. The zero-order valence-corrected chi connectivity index (χ0v) is 9.58. The van der Waals surface area contributed by atoms with Crippen LogP contribution >= 0.6 is 0 Å². The fourth-order valence-corrected chi connectivity index (χ4v) is 1.14. The van der Waals surface area contributed by atoms with E-state index in [-0.39, 0.29) is 5.97 Å². The van der Waals surface area contributed by atoms with Crippen molar-refractivity contribution in [1.82, 2.24) is 0 Å². The Hall–Kier alpha value is -0.790.